The highest BCUT2D eigenvalue weighted by Gasteiger charge is 2.51. The van der Waals surface area contributed by atoms with Gasteiger partial charge in [-0.25, -0.2) is 22.3 Å². The summed E-state index contributed by atoms with van der Waals surface area (Å²) in [4.78, 5) is 0. The van der Waals surface area contributed by atoms with Crippen molar-refractivity contribution in [3.05, 3.63) is 58.7 Å². The topological polar surface area (TPSA) is 36.9 Å². The molecule has 1 saturated heterocycles. The molecule has 2 fully saturated rings. The van der Waals surface area contributed by atoms with Crippen molar-refractivity contribution >= 4 is 0 Å². The zero-order valence-electron chi connectivity index (χ0n) is 22.0. The molecule has 2 aliphatic rings. The number of halogens is 9. The van der Waals surface area contributed by atoms with Crippen LogP contribution in [-0.4, -0.2) is 38.4 Å². The summed E-state index contributed by atoms with van der Waals surface area (Å²) in [7, 11) is 0. The Bertz CT molecular complexity index is 1140. The van der Waals surface area contributed by atoms with Crippen molar-refractivity contribution in [1.29, 1.82) is 0 Å². The van der Waals surface area contributed by atoms with Gasteiger partial charge in [0.15, 0.2) is 6.29 Å². The van der Waals surface area contributed by atoms with E-state index >= 15 is 17.6 Å². The van der Waals surface area contributed by atoms with E-state index in [4.69, 9.17) is 14.2 Å². The van der Waals surface area contributed by atoms with E-state index in [1.807, 2.05) is 6.92 Å². The second-order valence-electron chi connectivity index (χ2n) is 10.2. The number of unbranched alkanes of at least 4 members (excludes halogenated alkanes) is 1. The van der Waals surface area contributed by atoms with Gasteiger partial charge in [0.25, 0.3) is 0 Å². The SMILES string of the molecule is CCCCOC1COC(c2cc(F)c(-c3cc(F)c(C4CCC(C(F)(F)OC(F)(F)F)CC4)c(F)c3)c(F)c2)OC1. The van der Waals surface area contributed by atoms with Crippen molar-refractivity contribution < 1.29 is 58.5 Å². The Labute approximate surface area is 230 Å². The van der Waals surface area contributed by atoms with E-state index in [1.54, 1.807) is 0 Å². The molecule has 1 aliphatic carbocycles. The minimum atomic E-state index is -5.54. The van der Waals surface area contributed by atoms with Gasteiger partial charge in [-0.2, -0.15) is 8.78 Å². The van der Waals surface area contributed by atoms with Crippen LogP contribution in [0.5, 0.6) is 0 Å². The molecular weight excluding hydrogens is 571 g/mol. The first-order valence-corrected chi connectivity index (χ1v) is 13.3. The van der Waals surface area contributed by atoms with Gasteiger partial charge >= 0.3 is 12.5 Å². The molecule has 0 spiro atoms. The van der Waals surface area contributed by atoms with Gasteiger partial charge < -0.3 is 14.2 Å². The molecule has 0 radical (unpaired) electrons. The lowest BCUT2D eigenvalue weighted by Gasteiger charge is -2.33. The third-order valence-electron chi connectivity index (χ3n) is 7.29. The predicted octanol–water partition coefficient (Wildman–Crippen LogP) is 8.54. The third-order valence-corrected chi connectivity index (χ3v) is 7.29. The lowest BCUT2D eigenvalue weighted by molar-refractivity contribution is -0.438. The van der Waals surface area contributed by atoms with Gasteiger partial charge in [-0.15, -0.1) is 13.2 Å². The van der Waals surface area contributed by atoms with Crippen molar-refractivity contribution in [3.63, 3.8) is 0 Å². The first-order valence-electron chi connectivity index (χ1n) is 13.3. The standard InChI is InChI=1S/C28H29F9O4/c1-2-3-8-38-19-13-39-26(40-14-19)17-11-22(31)25(23(32)12-17)16-9-20(29)24(21(30)10-16)15-4-6-18(7-5-15)27(33,34)41-28(35,36)37/h9-12,15,18-19,26H,2-8,13-14H2,1H3. The van der Waals surface area contributed by atoms with Crippen LogP contribution in [0.4, 0.5) is 39.5 Å². The average molecular weight is 601 g/mol. The van der Waals surface area contributed by atoms with Gasteiger partial charge in [0.1, 0.15) is 29.4 Å². The maximum absolute atomic E-state index is 15.1. The molecule has 4 rings (SSSR count). The summed E-state index contributed by atoms with van der Waals surface area (Å²) in [5.41, 5.74) is -1.58. The van der Waals surface area contributed by atoms with Crippen molar-refractivity contribution in [2.24, 2.45) is 5.92 Å². The Hall–Kier alpha value is -2.35. The Balaban J connectivity index is 1.45. The van der Waals surface area contributed by atoms with Gasteiger partial charge in [-0.1, -0.05) is 13.3 Å². The van der Waals surface area contributed by atoms with E-state index in [-0.39, 0.29) is 37.7 Å². The molecule has 1 heterocycles. The van der Waals surface area contributed by atoms with Crippen molar-refractivity contribution in [3.8, 4) is 11.1 Å². The molecule has 4 nitrogen and oxygen atoms in total. The van der Waals surface area contributed by atoms with Crippen LogP contribution < -0.4 is 0 Å². The molecule has 0 amide bonds. The van der Waals surface area contributed by atoms with Crippen LogP contribution in [0, 0.1) is 29.2 Å². The van der Waals surface area contributed by atoms with Crippen LogP contribution in [0.25, 0.3) is 11.1 Å². The van der Waals surface area contributed by atoms with Crippen LogP contribution in [-0.2, 0) is 18.9 Å². The summed E-state index contributed by atoms with van der Waals surface area (Å²) >= 11 is 0. The molecule has 0 atom stereocenters. The number of benzene rings is 2. The van der Waals surface area contributed by atoms with Gasteiger partial charge in [0.05, 0.1) is 24.7 Å². The normalized spacial score (nSPS) is 24.0. The van der Waals surface area contributed by atoms with Crippen LogP contribution in [0.3, 0.4) is 0 Å². The quantitative estimate of drug-likeness (QED) is 0.214. The highest BCUT2D eigenvalue weighted by Crippen LogP contribution is 2.46. The van der Waals surface area contributed by atoms with Crippen molar-refractivity contribution in [2.45, 2.75) is 76.2 Å². The van der Waals surface area contributed by atoms with Gasteiger partial charge in [-0.3, -0.25) is 0 Å². The molecule has 1 aliphatic heterocycles. The summed E-state index contributed by atoms with van der Waals surface area (Å²) in [6, 6.07) is 3.35. The predicted molar refractivity (Wildman–Crippen MR) is 128 cm³/mol. The second kappa shape index (κ2) is 12.9. The first kappa shape index (κ1) is 31.6. The van der Waals surface area contributed by atoms with Crippen LogP contribution in [0.1, 0.15) is 68.8 Å². The van der Waals surface area contributed by atoms with Crippen molar-refractivity contribution in [2.75, 3.05) is 19.8 Å². The van der Waals surface area contributed by atoms with Gasteiger partial charge in [0, 0.05) is 17.7 Å². The minimum absolute atomic E-state index is 0.0244. The third kappa shape index (κ3) is 7.74. The van der Waals surface area contributed by atoms with Gasteiger partial charge in [0.2, 0.25) is 0 Å². The van der Waals surface area contributed by atoms with Crippen LogP contribution >= 0.6 is 0 Å². The minimum Gasteiger partial charge on any atom is -0.373 e. The first-order chi connectivity index (χ1) is 19.3. The number of ether oxygens (including phenoxy) is 4. The smallest absolute Gasteiger partial charge is 0.373 e. The van der Waals surface area contributed by atoms with E-state index < -0.39 is 83.4 Å². The molecule has 0 unspecified atom stereocenters. The summed E-state index contributed by atoms with van der Waals surface area (Å²) < 4.78 is 144. The molecule has 0 N–H and O–H groups in total. The largest absolute Gasteiger partial charge is 0.527 e. The van der Waals surface area contributed by atoms with E-state index in [2.05, 4.69) is 4.74 Å². The molecule has 2 aromatic carbocycles. The van der Waals surface area contributed by atoms with E-state index in [9.17, 15) is 22.0 Å². The van der Waals surface area contributed by atoms with Crippen molar-refractivity contribution in [1.82, 2.24) is 0 Å². The Morgan fingerprint density at radius 3 is 1.88 bits per heavy atom. The maximum Gasteiger partial charge on any atom is 0.527 e. The monoisotopic (exact) mass is 600 g/mol. The summed E-state index contributed by atoms with van der Waals surface area (Å²) in [5.74, 6) is -7.26. The summed E-state index contributed by atoms with van der Waals surface area (Å²) in [5, 5.41) is 0. The molecule has 0 aromatic heterocycles. The zero-order chi connectivity index (χ0) is 29.9. The van der Waals surface area contributed by atoms with Gasteiger partial charge in [-0.05, 0) is 67.9 Å². The van der Waals surface area contributed by atoms with E-state index in [0.29, 0.717) is 6.61 Å². The Morgan fingerprint density at radius 1 is 0.805 bits per heavy atom. The second-order valence-corrected chi connectivity index (χ2v) is 10.2. The molecule has 13 heteroatoms. The Morgan fingerprint density at radius 2 is 1.37 bits per heavy atom. The molecule has 228 valence electrons. The highest BCUT2D eigenvalue weighted by molar-refractivity contribution is 5.66. The molecule has 2 aromatic rings. The number of hydrogen-bond acceptors (Lipinski definition) is 4. The fourth-order valence-corrected chi connectivity index (χ4v) is 5.25. The highest BCUT2D eigenvalue weighted by atomic mass is 19.4. The lowest BCUT2D eigenvalue weighted by atomic mass is 9.77. The molecular formula is C28H29F9O4. The number of hydrogen-bond donors (Lipinski definition) is 0. The fourth-order valence-electron chi connectivity index (χ4n) is 5.25. The van der Waals surface area contributed by atoms with E-state index in [1.165, 1.54) is 0 Å². The Kier molecular flexibility index (Phi) is 9.93. The lowest BCUT2D eigenvalue weighted by Crippen LogP contribution is -2.38. The molecule has 41 heavy (non-hydrogen) atoms. The molecule has 0 bridgehead atoms. The number of alkyl halides is 5. The average Bonchev–Trinajstić information content (AvgIpc) is 2.87. The van der Waals surface area contributed by atoms with E-state index in [0.717, 1.165) is 37.1 Å². The summed E-state index contributed by atoms with van der Waals surface area (Å²) in [6.07, 6.45) is -11.0. The fraction of sp³-hybridized carbons (Fsp3) is 0.571. The van der Waals surface area contributed by atoms with Crippen LogP contribution in [0.15, 0.2) is 24.3 Å². The summed E-state index contributed by atoms with van der Waals surface area (Å²) in [6.45, 7) is 2.83. The number of rotatable bonds is 9. The maximum atomic E-state index is 15.1. The zero-order valence-corrected chi connectivity index (χ0v) is 22.0. The van der Waals surface area contributed by atoms with Crippen LogP contribution in [0.2, 0.25) is 0 Å². The molecule has 1 saturated carbocycles.